The van der Waals surface area contributed by atoms with E-state index in [4.69, 9.17) is 0 Å². The monoisotopic (exact) mass is 225 g/mol. The van der Waals surface area contributed by atoms with Crippen molar-refractivity contribution in [1.82, 2.24) is 14.9 Å². The first-order chi connectivity index (χ1) is 7.50. The number of hydrogen-bond donors (Lipinski definition) is 2. The van der Waals surface area contributed by atoms with Gasteiger partial charge in [-0.25, -0.2) is 4.98 Å². The Morgan fingerprint density at radius 1 is 1.44 bits per heavy atom. The average Bonchev–Trinajstić information content (AvgIpc) is 2.60. The van der Waals surface area contributed by atoms with Crippen LogP contribution in [0.15, 0.2) is 12.4 Å². The molecular formula is C12H23N3O. The molecule has 0 aromatic carbocycles. The summed E-state index contributed by atoms with van der Waals surface area (Å²) in [6, 6.07) is 0.168. The van der Waals surface area contributed by atoms with Crippen molar-refractivity contribution in [2.24, 2.45) is 13.0 Å². The molecule has 0 spiro atoms. The van der Waals surface area contributed by atoms with Gasteiger partial charge in [-0.15, -0.1) is 0 Å². The lowest BCUT2D eigenvalue weighted by atomic mass is 10.1. The molecule has 2 N–H and O–H groups in total. The maximum absolute atomic E-state index is 9.75. The zero-order chi connectivity index (χ0) is 12.1. The second kappa shape index (κ2) is 6.01. The Labute approximate surface area is 97.7 Å². The number of aryl methyl sites for hydroxylation is 1. The summed E-state index contributed by atoms with van der Waals surface area (Å²) in [4.78, 5) is 4.27. The van der Waals surface area contributed by atoms with E-state index in [1.165, 1.54) is 0 Å². The molecule has 0 radical (unpaired) electrons. The van der Waals surface area contributed by atoms with Crippen LogP contribution in [-0.2, 0) is 7.05 Å². The molecule has 0 aliphatic rings. The second-order valence-corrected chi connectivity index (χ2v) is 4.81. The minimum Gasteiger partial charge on any atom is -0.392 e. The van der Waals surface area contributed by atoms with Crippen LogP contribution in [0.2, 0.25) is 0 Å². The summed E-state index contributed by atoms with van der Waals surface area (Å²) in [7, 11) is 1.98. The van der Waals surface area contributed by atoms with E-state index in [0.717, 1.165) is 12.2 Å². The highest BCUT2D eigenvalue weighted by atomic mass is 16.3. The van der Waals surface area contributed by atoms with E-state index in [-0.39, 0.29) is 12.1 Å². The Morgan fingerprint density at radius 2 is 2.12 bits per heavy atom. The number of imidazole rings is 1. The molecule has 0 fully saturated rings. The minimum absolute atomic E-state index is 0.168. The predicted octanol–water partition coefficient (Wildman–Crippen LogP) is 1.48. The van der Waals surface area contributed by atoms with Gasteiger partial charge in [0.25, 0.3) is 0 Å². The molecule has 1 rings (SSSR count). The first-order valence-corrected chi connectivity index (χ1v) is 5.89. The number of hydrogen-bond acceptors (Lipinski definition) is 3. The second-order valence-electron chi connectivity index (χ2n) is 4.81. The van der Waals surface area contributed by atoms with Gasteiger partial charge < -0.3 is 15.0 Å². The Balaban J connectivity index is 2.35. The van der Waals surface area contributed by atoms with Crippen molar-refractivity contribution >= 4 is 0 Å². The molecule has 0 saturated heterocycles. The molecule has 1 aromatic heterocycles. The number of rotatable bonds is 6. The molecule has 4 nitrogen and oxygen atoms in total. The van der Waals surface area contributed by atoms with Crippen molar-refractivity contribution in [2.75, 3.05) is 6.54 Å². The van der Waals surface area contributed by atoms with E-state index in [9.17, 15) is 5.11 Å². The smallest absolute Gasteiger partial charge is 0.125 e. The third kappa shape index (κ3) is 3.94. The standard InChI is InChI=1S/C12H23N3O/c1-9(2)7-11(16)8-14-10(3)12-13-5-6-15(12)4/h5-6,9-11,14,16H,7-8H2,1-4H3. The van der Waals surface area contributed by atoms with Gasteiger partial charge in [0, 0.05) is 26.0 Å². The zero-order valence-electron chi connectivity index (χ0n) is 10.6. The van der Waals surface area contributed by atoms with E-state index in [1.807, 2.05) is 17.8 Å². The molecule has 92 valence electrons. The first kappa shape index (κ1) is 13.2. The van der Waals surface area contributed by atoms with Gasteiger partial charge in [-0.3, -0.25) is 0 Å². The summed E-state index contributed by atoms with van der Waals surface area (Å²) < 4.78 is 1.99. The van der Waals surface area contributed by atoms with Crippen molar-refractivity contribution in [1.29, 1.82) is 0 Å². The van der Waals surface area contributed by atoms with Crippen molar-refractivity contribution in [2.45, 2.75) is 39.3 Å². The molecule has 0 aliphatic heterocycles. The molecule has 0 aliphatic carbocycles. The summed E-state index contributed by atoms with van der Waals surface area (Å²) in [5.74, 6) is 1.53. The highest BCUT2D eigenvalue weighted by Crippen LogP contribution is 2.09. The van der Waals surface area contributed by atoms with Crippen molar-refractivity contribution in [3.8, 4) is 0 Å². The van der Waals surface area contributed by atoms with Gasteiger partial charge in [-0.05, 0) is 19.3 Å². The van der Waals surface area contributed by atoms with E-state index >= 15 is 0 Å². The first-order valence-electron chi connectivity index (χ1n) is 5.89. The number of aliphatic hydroxyl groups excluding tert-OH is 1. The van der Waals surface area contributed by atoms with Gasteiger partial charge in [0.2, 0.25) is 0 Å². The van der Waals surface area contributed by atoms with Crippen LogP contribution in [0.25, 0.3) is 0 Å². The Hall–Kier alpha value is -0.870. The maximum atomic E-state index is 9.75. The molecule has 1 heterocycles. The lowest BCUT2D eigenvalue weighted by molar-refractivity contribution is 0.142. The fourth-order valence-electron chi connectivity index (χ4n) is 1.83. The van der Waals surface area contributed by atoms with Crippen molar-refractivity contribution in [3.05, 3.63) is 18.2 Å². The number of aliphatic hydroxyl groups is 1. The fourth-order valence-corrected chi connectivity index (χ4v) is 1.83. The summed E-state index contributed by atoms with van der Waals surface area (Å²) >= 11 is 0. The number of nitrogens with zero attached hydrogens (tertiary/aromatic N) is 2. The summed E-state index contributed by atoms with van der Waals surface area (Å²) in [5.41, 5.74) is 0. The van der Waals surface area contributed by atoms with Crippen LogP contribution in [0, 0.1) is 5.92 Å². The molecule has 0 amide bonds. The number of nitrogens with one attached hydrogen (secondary N) is 1. The number of aromatic nitrogens is 2. The van der Waals surface area contributed by atoms with E-state index < -0.39 is 0 Å². The van der Waals surface area contributed by atoms with Crippen LogP contribution in [-0.4, -0.2) is 27.3 Å². The van der Waals surface area contributed by atoms with Crippen LogP contribution < -0.4 is 5.32 Å². The molecule has 16 heavy (non-hydrogen) atoms. The molecule has 2 unspecified atom stereocenters. The highest BCUT2D eigenvalue weighted by Gasteiger charge is 2.12. The fraction of sp³-hybridized carbons (Fsp3) is 0.750. The van der Waals surface area contributed by atoms with Gasteiger partial charge in [0.15, 0.2) is 0 Å². The van der Waals surface area contributed by atoms with Crippen molar-refractivity contribution < 1.29 is 5.11 Å². The lowest BCUT2D eigenvalue weighted by Gasteiger charge is -2.18. The highest BCUT2D eigenvalue weighted by molar-refractivity contribution is 4.96. The molecule has 0 bridgehead atoms. The molecule has 2 atom stereocenters. The predicted molar refractivity (Wildman–Crippen MR) is 65.1 cm³/mol. The summed E-state index contributed by atoms with van der Waals surface area (Å²) in [6.45, 7) is 6.91. The third-order valence-corrected chi connectivity index (χ3v) is 2.65. The SMILES string of the molecule is CC(C)CC(O)CNC(C)c1nccn1C. The van der Waals surface area contributed by atoms with Crippen LogP contribution in [0.4, 0.5) is 0 Å². The van der Waals surface area contributed by atoms with Gasteiger partial charge in [-0.1, -0.05) is 13.8 Å². The quantitative estimate of drug-likeness (QED) is 0.771. The normalized spacial score (nSPS) is 15.4. The van der Waals surface area contributed by atoms with E-state index in [0.29, 0.717) is 12.5 Å². The van der Waals surface area contributed by atoms with Crippen LogP contribution in [0.3, 0.4) is 0 Å². The molecular weight excluding hydrogens is 202 g/mol. The summed E-state index contributed by atoms with van der Waals surface area (Å²) in [5, 5.41) is 13.0. The van der Waals surface area contributed by atoms with Gasteiger partial charge in [0.05, 0.1) is 12.1 Å². The molecule has 4 heteroatoms. The molecule has 0 saturated carbocycles. The topological polar surface area (TPSA) is 50.1 Å². The largest absolute Gasteiger partial charge is 0.392 e. The van der Waals surface area contributed by atoms with Crippen LogP contribution >= 0.6 is 0 Å². The Kier molecular flexibility index (Phi) is 4.96. The summed E-state index contributed by atoms with van der Waals surface area (Å²) in [6.07, 6.45) is 4.28. The Bertz CT molecular complexity index is 309. The van der Waals surface area contributed by atoms with Crippen LogP contribution in [0.1, 0.15) is 39.1 Å². The third-order valence-electron chi connectivity index (χ3n) is 2.65. The van der Waals surface area contributed by atoms with Crippen LogP contribution in [0.5, 0.6) is 0 Å². The van der Waals surface area contributed by atoms with Gasteiger partial charge in [-0.2, -0.15) is 0 Å². The average molecular weight is 225 g/mol. The minimum atomic E-state index is -0.275. The molecule has 1 aromatic rings. The van der Waals surface area contributed by atoms with E-state index in [2.05, 4.69) is 31.1 Å². The van der Waals surface area contributed by atoms with E-state index in [1.54, 1.807) is 6.20 Å². The van der Waals surface area contributed by atoms with Gasteiger partial charge in [0.1, 0.15) is 5.82 Å². The van der Waals surface area contributed by atoms with Crippen molar-refractivity contribution in [3.63, 3.8) is 0 Å². The Morgan fingerprint density at radius 3 is 2.62 bits per heavy atom. The zero-order valence-corrected chi connectivity index (χ0v) is 10.6. The maximum Gasteiger partial charge on any atom is 0.125 e. The lowest BCUT2D eigenvalue weighted by Crippen LogP contribution is -2.31. The van der Waals surface area contributed by atoms with Gasteiger partial charge >= 0.3 is 0 Å².